The Labute approximate surface area is 118 Å². The first-order valence-electron chi connectivity index (χ1n) is 5.33. The number of nitrogens with zero attached hydrogens (tertiary/aromatic N) is 1. The molecule has 1 aliphatic rings. The predicted octanol–water partition coefficient (Wildman–Crippen LogP) is 2.17. The number of rotatable bonds is 3. The Morgan fingerprint density at radius 2 is 2.33 bits per heavy atom. The second-order valence-electron chi connectivity index (χ2n) is 3.94. The van der Waals surface area contributed by atoms with Crippen molar-refractivity contribution in [2.75, 3.05) is 18.6 Å². The van der Waals surface area contributed by atoms with Crippen molar-refractivity contribution in [3.63, 3.8) is 0 Å². The van der Waals surface area contributed by atoms with Gasteiger partial charge in [-0.2, -0.15) is 0 Å². The number of methoxy groups -OCH3 is 1. The van der Waals surface area contributed by atoms with Gasteiger partial charge in [-0.05, 0) is 17.7 Å². The maximum absolute atomic E-state index is 11.9. The van der Waals surface area contributed by atoms with Gasteiger partial charge in [0, 0.05) is 17.3 Å². The second-order valence-corrected chi connectivity index (χ2v) is 5.49. The number of alkyl halides is 1. The van der Waals surface area contributed by atoms with Crippen LogP contribution in [0.4, 0.5) is 5.69 Å². The molecule has 0 aliphatic carbocycles. The molecule has 1 unspecified atom stereocenters. The smallest absolute Gasteiger partial charge is 0.321 e. The summed E-state index contributed by atoms with van der Waals surface area (Å²) in [6.45, 7) is 0.235. The highest BCUT2D eigenvalue weighted by Gasteiger charge is 2.30. The Hall–Kier alpha value is -1.07. The summed E-state index contributed by atoms with van der Waals surface area (Å²) in [4.78, 5) is 24.3. The maximum Gasteiger partial charge on any atom is 0.321 e. The number of hydrogen-bond acceptors (Lipinski definition) is 3. The Balaban J connectivity index is 2.22. The van der Waals surface area contributed by atoms with E-state index in [2.05, 4.69) is 20.7 Å². The number of carbonyl (C=O) groups is 2. The van der Waals surface area contributed by atoms with Crippen molar-refractivity contribution in [2.24, 2.45) is 0 Å². The molecule has 0 radical (unpaired) electrons. The molecule has 0 fully saturated rings. The minimum absolute atomic E-state index is 0.0411. The number of ether oxygens (including phenoxy) is 1. The molecule has 0 aromatic heterocycles. The summed E-state index contributed by atoms with van der Waals surface area (Å²) in [6.07, 6.45) is 0.341. The van der Waals surface area contributed by atoms with Gasteiger partial charge >= 0.3 is 5.97 Å². The molecular formula is C12H11BrClNO3. The van der Waals surface area contributed by atoms with Crippen LogP contribution in [0.5, 0.6) is 0 Å². The largest absolute Gasteiger partial charge is 0.468 e. The van der Waals surface area contributed by atoms with E-state index >= 15 is 0 Å². The lowest BCUT2D eigenvalue weighted by atomic mass is 10.2. The molecule has 1 aromatic rings. The van der Waals surface area contributed by atoms with Crippen molar-refractivity contribution >= 4 is 45.1 Å². The molecule has 0 N–H and O–H groups in total. The molecule has 0 saturated carbocycles. The number of anilines is 1. The van der Waals surface area contributed by atoms with E-state index in [1.807, 2.05) is 6.07 Å². The number of esters is 1. The van der Waals surface area contributed by atoms with Gasteiger partial charge in [-0.3, -0.25) is 9.59 Å². The lowest BCUT2D eigenvalue weighted by Crippen LogP contribution is -2.36. The van der Waals surface area contributed by atoms with Gasteiger partial charge < -0.3 is 9.64 Å². The van der Waals surface area contributed by atoms with Crippen LogP contribution in [0.1, 0.15) is 5.56 Å². The minimum Gasteiger partial charge on any atom is -0.468 e. The average molecular weight is 333 g/mol. The van der Waals surface area contributed by atoms with Crippen molar-refractivity contribution in [3.05, 3.63) is 28.8 Å². The third kappa shape index (κ3) is 2.52. The van der Waals surface area contributed by atoms with E-state index in [9.17, 15) is 9.59 Å². The topological polar surface area (TPSA) is 46.6 Å². The summed E-state index contributed by atoms with van der Waals surface area (Å²) < 4.78 is 4.62. The molecule has 4 nitrogen and oxygen atoms in total. The van der Waals surface area contributed by atoms with E-state index in [-0.39, 0.29) is 12.5 Å². The summed E-state index contributed by atoms with van der Waals surface area (Å²) in [5, 5.41) is 0.567. The van der Waals surface area contributed by atoms with Crippen LogP contribution < -0.4 is 4.90 Å². The van der Waals surface area contributed by atoms with Crippen molar-refractivity contribution in [1.82, 2.24) is 0 Å². The van der Waals surface area contributed by atoms with Crippen LogP contribution >= 0.6 is 27.5 Å². The number of benzene rings is 1. The number of amides is 1. The molecule has 96 valence electrons. The van der Waals surface area contributed by atoms with Gasteiger partial charge in [0.1, 0.15) is 4.83 Å². The SMILES string of the molecule is COC(=O)C(Br)CN1C(=O)Cc2ccc(Cl)cc21. The Kier molecular flexibility index (Phi) is 3.92. The molecule has 18 heavy (non-hydrogen) atoms. The number of halogens is 2. The first-order chi connectivity index (χ1) is 8.52. The third-order valence-electron chi connectivity index (χ3n) is 2.78. The van der Waals surface area contributed by atoms with Crippen LogP contribution in [0.25, 0.3) is 0 Å². The quantitative estimate of drug-likeness (QED) is 0.629. The van der Waals surface area contributed by atoms with Crippen LogP contribution in [-0.4, -0.2) is 30.4 Å². The lowest BCUT2D eigenvalue weighted by Gasteiger charge is -2.19. The lowest BCUT2D eigenvalue weighted by molar-refractivity contribution is -0.139. The van der Waals surface area contributed by atoms with Gasteiger partial charge in [-0.25, -0.2) is 0 Å². The highest BCUT2D eigenvalue weighted by molar-refractivity contribution is 9.10. The summed E-state index contributed by atoms with van der Waals surface area (Å²) >= 11 is 9.13. The first-order valence-corrected chi connectivity index (χ1v) is 6.63. The van der Waals surface area contributed by atoms with E-state index in [0.717, 1.165) is 11.3 Å². The molecule has 0 bridgehead atoms. The fraction of sp³-hybridized carbons (Fsp3) is 0.333. The second kappa shape index (κ2) is 5.28. The fourth-order valence-electron chi connectivity index (χ4n) is 1.89. The standard InChI is InChI=1S/C12H11BrClNO3/c1-18-12(17)9(13)6-15-10-5-8(14)3-2-7(10)4-11(15)16/h2-3,5,9H,4,6H2,1H3. The maximum atomic E-state index is 11.9. The Bertz CT molecular complexity index is 506. The van der Waals surface area contributed by atoms with Gasteiger partial charge in [0.2, 0.25) is 5.91 Å². The van der Waals surface area contributed by atoms with Crippen LogP contribution in [0.2, 0.25) is 5.02 Å². The monoisotopic (exact) mass is 331 g/mol. The molecule has 1 atom stereocenters. The number of fused-ring (bicyclic) bond motifs is 1. The molecule has 0 spiro atoms. The summed E-state index contributed by atoms with van der Waals surface area (Å²) in [6, 6.07) is 5.32. The normalized spacial score (nSPS) is 15.5. The first kappa shape index (κ1) is 13.4. The molecular weight excluding hydrogens is 321 g/mol. The van der Waals surface area contributed by atoms with Gasteiger partial charge in [0.25, 0.3) is 0 Å². The van der Waals surface area contributed by atoms with E-state index in [0.29, 0.717) is 11.4 Å². The molecule has 6 heteroatoms. The molecule has 1 aliphatic heterocycles. The van der Waals surface area contributed by atoms with Gasteiger partial charge in [0.05, 0.1) is 13.5 Å². The van der Waals surface area contributed by atoms with Crippen molar-refractivity contribution in [2.45, 2.75) is 11.2 Å². The van der Waals surface area contributed by atoms with Gasteiger partial charge in [-0.1, -0.05) is 33.6 Å². The average Bonchev–Trinajstić information content (AvgIpc) is 2.65. The zero-order valence-corrected chi connectivity index (χ0v) is 12.0. The Morgan fingerprint density at radius 3 is 3.00 bits per heavy atom. The van der Waals surface area contributed by atoms with E-state index in [1.165, 1.54) is 7.11 Å². The minimum atomic E-state index is -0.545. The van der Waals surface area contributed by atoms with Crippen LogP contribution in [0.3, 0.4) is 0 Å². The van der Waals surface area contributed by atoms with Gasteiger partial charge in [-0.15, -0.1) is 0 Å². The summed E-state index contributed by atoms with van der Waals surface area (Å²) in [7, 11) is 1.31. The van der Waals surface area contributed by atoms with Crippen molar-refractivity contribution < 1.29 is 14.3 Å². The van der Waals surface area contributed by atoms with Crippen LogP contribution in [0, 0.1) is 0 Å². The fourth-order valence-corrected chi connectivity index (χ4v) is 2.54. The highest BCUT2D eigenvalue weighted by atomic mass is 79.9. The molecule has 0 saturated heterocycles. The summed E-state index contributed by atoms with van der Waals surface area (Å²) in [5.74, 6) is -0.445. The predicted molar refractivity (Wildman–Crippen MR) is 72.2 cm³/mol. The zero-order chi connectivity index (χ0) is 13.3. The van der Waals surface area contributed by atoms with Crippen LogP contribution in [-0.2, 0) is 20.7 Å². The van der Waals surface area contributed by atoms with E-state index < -0.39 is 10.8 Å². The van der Waals surface area contributed by atoms with Crippen LogP contribution in [0.15, 0.2) is 18.2 Å². The number of carbonyl (C=O) groups excluding carboxylic acids is 2. The molecule has 1 amide bonds. The van der Waals surface area contributed by atoms with Gasteiger partial charge in [0.15, 0.2) is 0 Å². The third-order valence-corrected chi connectivity index (χ3v) is 3.68. The molecule has 1 aromatic carbocycles. The highest BCUT2D eigenvalue weighted by Crippen LogP contribution is 2.32. The molecule has 1 heterocycles. The number of hydrogen-bond donors (Lipinski definition) is 0. The Morgan fingerprint density at radius 1 is 1.61 bits per heavy atom. The van der Waals surface area contributed by atoms with Crippen molar-refractivity contribution in [3.8, 4) is 0 Å². The van der Waals surface area contributed by atoms with Crippen molar-refractivity contribution in [1.29, 1.82) is 0 Å². The summed E-state index contributed by atoms with van der Waals surface area (Å²) in [5.41, 5.74) is 1.69. The zero-order valence-electron chi connectivity index (χ0n) is 9.65. The molecule has 2 rings (SSSR count). The van der Waals surface area contributed by atoms with E-state index in [1.54, 1.807) is 17.0 Å². The van der Waals surface area contributed by atoms with E-state index in [4.69, 9.17) is 11.6 Å².